The van der Waals surface area contributed by atoms with Gasteiger partial charge < -0.3 is 14.5 Å². The molecule has 5 nitrogen and oxygen atoms in total. The highest BCUT2D eigenvalue weighted by atomic mass is 35.5. The molecule has 3 aromatic rings. The first-order chi connectivity index (χ1) is 14.5. The van der Waals surface area contributed by atoms with Gasteiger partial charge in [0.05, 0.1) is 16.6 Å². The van der Waals surface area contributed by atoms with E-state index in [1.54, 1.807) is 0 Å². The normalized spacial score (nSPS) is 12.5. The van der Waals surface area contributed by atoms with Gasteiger partial charge in [0, 0.05) is 5.56 Å². The predicted octanol–water partition coefficient (Wildman–Crippen LogP) is 6.22. The number of hydrogen-bond donors (Lipinski definition) is 1. The van der Waals surface area contributed by atoms with Crippen LogP contribution in [-0.2, 0) is 6.18 Å². The lowest BCUT2D eigenvalue weighted by Gasteiger charge is -2.14. The van der Waals surface area contributed by atoms with E-state index in [2.05, 4.69) is 10.3 Å². The Labute approximate surface area is 177 Å². The Hall–Kier alpha value is -3.14. The second-order valence-electron chi connectivity index (χ2n) is 6.55. The molecule has 2 aromatic carbocycles. The number of nitrogens with one attached hydrogen (secondary N) is 1. The second-order valence-corrected chi connectivity index (χ2v) is 6.96. The van der Waals surface area contributed by atoms with Crippen molar-refractivity contribution in [2.45, 2.75) is 26.1 Å². The molecule has 1 amide bonds. The standard InChI is InChI=1S/C20H14ClF5N2O3/c1-9-14(22)5-11(6-15(9)23)10(2)27-18(29)16-8-30-19(28-16)31-17-7-12(20(24,25)26)3-4-13(17)21/h3-8,10H,1-2H3,(H,27,29)/t10-/m1/s1. The second kappa shape index (κ2) is 8.54. The Kier molecular flexibility index (Phi) is 6.21. The van der Waals surface area contributed by atoms with E-state index in [1.165, 1.54) is 13.8 Å². The summed E-state index contributed by atoms with van der Waals surface area (Å²) in [5.74, 6) is -2.65. The number of amides is 1. The molecule has 0 saturated carbocycles. The molecule has 11 heteroatoms. The summed E-state index contributed by atoms with van der Waals surface area (Å²) in [5.41, 5.74) is -1.22. The Morgan fingerprint density at radius 3 is 2.45 bits per heavy atom. The molecule has 3 rings (SSSR count). The molecule has 164 valence electrons. The Morgan fingerprint density at radius 2 is 1.84 bits per heavy atom. The molecule has 1 heterocycles. The summed E-state index contributed by atoms with van der Waals surface area (Å²) in [4.78, 5) is 16.1. The van der Waals surface area contributed by atoms with Gasteiger partial charge in [-0.05, 0) is 49.7 Å². The van der Waals surface area contributed by atoms with E-state index in [1.807, 2.05) is 0 Å². The summed E-state index contributed by atoms with van der Waals surface area (Å²) in [6.07, 6.45) is -4.23. The maximum atomic E-state index is 13.7. The van der Waals surface area contributed by atoms with Crippen molar-refractivity contribution in [3.63, 3.8) is 0 Å². The zero-order chi connectivity index (χ0) is 22.9. The zero-order valence-corrected chi connectivity index (χ0v) is 16.7. The zero-order valence-electron chi connectivity index (χ0n) is 16.0. The van der Waals surface area contributed by atoms with Crippen LogP contribution in [0.2, 0.25) is 5.02 Å². The third-order valence-electron chi connectivity index (χ3n) is 4.32. The predicted molar refractivity (Wildman–Crippen MR) is 100 cm³/mol. The van der Waals surface area contributed by atoms with Crippen LogP contribution in [0.1, 0.15) is 40.1 Å². The highest BCUT2D eigenvalue weighted by molar-refractivity contribution is 6.32. The summed E-state index contributed by atoms with van der Waals surface area (Å²) in [7, 11) is 0. The molecule has 0 unspecified atom stereocenters. The summed E-state index contributed by atoms with van der Waals surface area (Å²) >= 11 is 5.84. The van der Waals surface area contributed by atoms with Gasteiger partial charge in [0.1, 0.15) is 17.9 Å². The highest BCUT2D eigenvalue weighted by Gasteiger charge is 2.31. The number of oxazole rings is 1. The summed E-state index contributed by atoms with van der Waals surface area (Å²) in [6, 6.07) is 3.84. The number of rotatable bonds is 5. The van der Waals surface area contributed by atoms with Crippen LogP contribution in [0.5, 0.6) is 11.8 Å². The highest BCUT2D eigenvalue weighted by Crippen LogP contribution is 2.36. The summed E-state index contributed by atoms with van der Waals surface area (Å²) in [6.45, 7) is 2.78. The lowest BCUT2D eigenvalue weighted by molar-refractivity contribution is -0.137. The van der Waals surface area contributed by atoms with E-state index in [0.29, 0.717) is 6.07 Å². The maximum Gasteiger partial charge on any atom is 0.416 e. The molecule has 1 aromatic heterocycles. The Balaban J connectivity index is 1.73. The van der Waals surface area contributed by atoms with Gasteiger partial charge in [-0.25, -0.2) is 8.78 Å². The van der Waals surface area contributed by atoms with Crippen LogP contribution in [0.4, 0.5) is 22.0 Å². The minimum Gasteiger partial charge on any atom is -0.416 e. The van der Waals surface area contributed by atoms with Crippen molar-refractivity contribution >= 4 is 17.5 Å². The molecular weight excluding hydrogens is 447 g/mol. The number of hydrogen-bond acceptors (Lipinski definition) is 4. The van der Waals surface area contributed by atoms with Crippen molar-refractivity contribution in [2.24, 2.45) is 0 Å². The van der Waals surface area contributed by atoms with Gasteiger partial charge in [-0.2, -0.15) is 18.2 Å². The van der Waals surface area contributed by atoms with E-state index in [4.69, 9.17) is 20.8 Å². The number of benzene rings is 2. The smallest absolute Gasteiger partial charge is 0.416 e. The molecule has 0 aliphatic rings. The fourth-order valence-corrected chi connectivity index (χ4v) is 2.69. The molecule has 0 bridgehead atoms. The van der Waals surface area contributed by atoms with Crippen molar-refractivity contribution in [2.75, 3.05) is 0 Å². The first-order valence-corrected chi connectivity index (χ1v) is 9.10. The van der Waals surface area contributed by atoms with E-state index in [0.717, 1.165) is 30.5 Å². The largest absolute Gasteiger partial charge is 0.416 e. The van der Waals surface area contributed by atoms with Gasteiger partial charge in [-0.3, -0.25) is 4.79 Å². The third kappa shape index (κ3) is 5.13. The lowest BCUT2D eigenvalue weighted by atomic mass is 10.1. The first-order valence-electron chi connectivity index (χ1n) is 8.72. The van der Waals surface area contributed by atoms with Crippen LogP contribution < -0.4 is 10.1 Å². The summed E-state index contributed by atoms with van der Waals surface area (Å²) < 4.78 is 76.1. The molecule has 0 aliphatic heterocycles. The molecular formula is C20H14ClF5N2O3. The number of carbonyl (C=O) groups excluding carboxylic acids is 1. The average Bonchev–Trinajstić information content (AvgIpc) is 3.15. The van der Waals surface area contributed by atoms with Crippen LogP contribution in [0.3, 0.4) is 0 Å². The summed E-state index contributed by atoms with van der Waals surface area (Å²) in [5, 5.41) is 2.35. The van der Waals surface area contributed by atoms with Crippen molar-refractivity contribution in [1.82, 2.24) is 10.3 Å². The van der Waals surface area contributed by atoms with E-state index in [-0.39, 0.29) is 27.6 Å². The molecule has 31 heavy (non-hydrogen) atoms. The minimum atomic E-state index is -4.62. The van der Waals surface area contributed by atoms with Gasteiger partial charge in [0.15, 0.2) is 11.4 Å². The fourth-order valence-electron chi connectivity index (χ4n) is 2.53. The van der Waals surface area contributed by atoms with Crippen molar-refractivity contribution in [3.8, 4) is 11.8 Å². The van der Waals surface area contributed by atoms with Crippen LogP contribution in [-0.4, -0.2) is 10.9 Å². The maximum absolute atomic E-state index is 13.7. The number of halogens is 6. The molecule has 0 radical (unpaired) electrons. The number of nitrogens with zero attached hydrogens (tertiary/aromatic N) is 1. The SMILES string of the molecule is Cc1c(F)cc([C@@H](C)NC(=O)c2coc(Oc3cc(C(F)(F)F)ccc3Cl)n2)cc1F. The molecule has 1 N–H and O–H groups in total. The number of ether oxygens (including phenoxy) is 1. The third-order valence-corrected chi connectivity index (χ3v) is 4.63. The average molecular weight is 461 g/mol. The van der Waals surface area contributed by atoms with E-state index >= 15 is 0 Å². The monoisotopic (exact) mass is 460 g/mol. The molecule has 0 fully saturated rings. The van der Waals surface area contributed by atoms with Crippen LogP contribution in [0.15, 0.2) is 41.0 Å². The van der Waals surface area contributed by atoms with Crippen LogP contribution >= 0.6 is 11.6 Å². The first kappa shape index (κ1) is 22.5. The van der Waals surface area contributed by atoms with E-state index in [9.17, 15) is 26.7 Å². The molecule has 1 atom stereocenters. The van der Waals surface area contributed by atoms with Gasteiger partial charge >= 0.3 is 12.3 Å². The number of alkyl halides is 3. The van der Waals surface area contributed by atoms with Gasteiger partial charge in [0.25, 0.3) is 5.91 Å². The fraction of sp³-hybridized carbons (Fsp3) is 0.200. The van der Waals surface area contributed by atoms with Crippen LogP contribution in [0.25, 0.3) is 0 Å². The van der Waals surface area contributed by atoms with Gasteiger partial charge in [-0.15, -0.1) is 0 Å². The lowest BCUT2D eigenvalue weighted by Crippen LogP contribution is -2.27. The van der Waals surface area contributed by atoms with Gasteiger partial charge in [-0.1, -0.05) is 11.6 Å². The number of aromatic nitrogens is 1. The van der Waals surface area contributed by atoms with Crippen molar-refractivity contribution < 1.29 is 35.9 Å². The van der Waals surface area contributed by atoms with Crippen molar-refractivity contribution in [1.29, 1.82) is 0 Å². The van der Waals surface area contributed by atoms with Gasteiger partial charge in [0.2, 0.25) is 0 Å². The topological polar surface area (TPSA) is 64.4 Å². The Bertz CT molecular complexity index is 1110. The Morgan fingerprint density at radius 1 is 1.19 bits per heavy atom. The minimum absolute atomic E-state index is 0.130. The van der Waals surface area contributed by atoms with Crippen LogP contribution in [0, 0.1) is 18.6 Å². The van der Waals surface area contributed by atoms with Crippen molar-refractivity contribution in [3.05, 3.63) is 75.6 Å². The van der Waals surface area contributed by atoms with E-state index < -0.39 is 41.4 Å². The molecule has 0 spiro atoms. The molecule has 0 saturated heterocycles. The number of carbonyl (C=O) groups is 1. The molecule has 0 aliphatic carbocycles. The quantitative estimate of drug-likeness (QED) is 0.459.